The maximum absolute atomic E-state index is 12.8. The topological polar surface area (TPSA) is 60.2 Å². The van der Waals surface area contributed by atoms with Gasteiger partial charge in [0, 0.05) is 49.8 Å². The number of carbonyl (C=O) groups excluding carboxylic acids is 1. The summed E-state index contributed by atoms with van der Waals surface area (Å²) < 4.78 is 7.71. The molecular weight excluding hydrogens is 304 g/mol. The lowest BCUT2D eigenvalue weighted by molar-refractivity contribution is 0.0672. The first-order valence-corrected chi connectivity index (χ1v) is 8.48. The van der Waals surface area contributed by atoms with Crippen LogP contribution in [-0.4, -0.2) is 45.6 Å². The van der Waals surface area contributed by atoms with Gasteiger partial charge in [0.15, 0.2) is 0 Å². The smallest absolute Gasteiger partial charge is 0.254 e. The molecule has 2 aromatic heterocycles. The molecule has 0 N–H and O–H groups in total. The van der Waals surface area contributed by atoms with Crippen LogP contribution in [0.1, 0.15) is 40.5 Å². The van der Waals surface area contributed by atoms with Gasteiger partial charge in [-0.2, -0.15) is 0 Å². The zero-order chi connectivity index (χ0) is 16.5. The number of aromatic nitrogens is 3. The highest BCUT2D eigenvalue weighted by atomic mass is 16.5. The Morgan fingerprint density at radius 3 is 2.83 bits per heavy atom. The van der Waals surface area contributed by atoms with E-state index in [0.717, 1.165) is 18.2 Å². The Balaban J connectivity index is 1.60. The Morgan fingerprint density at radius 2 is 2.12 bits per heavy atom. The first-order chi connectivity index (χ1) is 11.8. The maximum Gasteiger partial charge on any atom is 0.254 e. The van der Waals surface area contributed by atoms with Crippen LogP contribution >= 0.6 is 0 Å². The van der Waals surface area contributed by atoms with E-state index in [1.54, 1.807) is 31.6 Å². The predicted octanol–water partition coefficient (Wildman–Crippen LogP) is 2.07. The molecule has 6 heteroatoms. The maximum atomic E-state index is 12.8. The van der Waals surface area contributed by atoms with Gasteiger partial charge in [0.1, 0.15) is 0 Å². The molecule has 24 heavy (non-hydrogen) atoms. The minimum Gasteiger partial charge on any atom is -0.384 e. The van der Waals surface area contributed by atoms with Crippen LogP contribution in [-0.2, 0) is 17.8 Å². The SMILES string of the molecule is COCC1CN(C(=O)c2ccncc2)Cc2ncn(CC3CC3)c21. The predicted molar refractivity (Wildman–Crippen MR) is 88.5 cm³/mol. The third kappa shape index (κ3) is 2.94. The third-order valence-corrected chi connectivity index (χ3v) is 4.86. The largest absolute Gasteiger partial charge is 0.384 e. The standard InChI is InChI=1S/C18H22N4O2/c1-24-11-15-9-21(18(23)14-4-6-19-7-5-14)10-16-17(15)22(12-20-16)8-13-2-3-13/h4-7,12-13,15H,2-3,8-11H2,1H3. The Morgan fingerprint density at radius 1 is 1.33 bits per heavy atom. The van der Waals surface area contributed by atoms with Crippen LogP contribution in [0.2, 0.25) is 0 Å². The molecule has 1 aliphatic carbocycles. The van der Waals surface area contributed by atoms with Crippen molar-refractivity contribution < 1.29 is 9.53 Å². The molecule has 1 unspecified atom stereocenters. The van der Waals surface area contributed by atoms with Crippen LogP contribution in [0.25, 0.3) is 0 Å². The van der Waals surface area contributed by atoms with Crippen molar-refractivity contribution in [1.29, 1.82) is 0 Å². The van der Waals surface area contributed by atoms with Gasteiger partial charge in [-0.05, 0) is 30.9 Å². The average molecular weight is 326 g/mol. The van der Waals surface area contributed by atoms with Gasteiger partial charge in [0.05, 0.1) is 25.2 Å². The number of imidazole rings is 1. The van der Waals surface area contributed by atoms with Crippen molar-refractivity contribution in [3.8, 4) is 0 Å². The molecular formula is C18H22N4O2. The molecule has 1 aliphatic heterocycles. The highest BCUT2D eigenvalue weighted by Gasteiger charge is 2.33. The number of amides is 1. The second kappa shape index (κ2) is 6.36. The second-order valence-electron chi connectivity index (χ2n) is 6.75. The molecule has 1 saturated carbocycles. The van der Waals surface area contributed by atoms with Crippen molar-refractivity contribution >= 4 is 5.91 Å². The quantitative estimate of drug-likeness (QED) is 0.844. The van der Waals surface area contributed by atoms with Gasteiger partial charge in [0.2, 0.25) is 0 Å². The molecule has 126 valence electrons. The van der Waals surface area contributed by atoms with E-state index in [-0.39, 0.29) is 11.8 Å². The number of methoxy groups -OCH3 is 1. The summed E-state index contributed by atoms with van der Waals surface area (Å²) in [6, 6.07) is 3.52. The van der Waals surface area contributed by atoms with Crippen LogP contribution in [0, 0.1) is 5.92 Å². The van der Waals surface area contributed by atoms with E-state index in [4.69, 9.17) is 4.74 Å². The Hall–Kier alpha value is -2.21. The minimum atomic E-state index is 0.0286. The summed E-state index contributed by atoms with van der Waals surface area (Å²) in [5.41, 5.74) is 2.93. The molecule has 0 saturated heterocycles. The first kappa shape index (κ1) is 15.3. The summed E-state index contributed by atoms with van der Waals surface area (Å²) in [4.78, 5) is 23.2. The molecule has 3 heterocycles. The molecule has 1 fully saturated rings. The number of carbonyl (C=O) groups is 1. The number of fused-ring (bicyclic) bond motifs is 1. The van der Waals surface area contributed by atoms with Crippen LogP contribution in [0.4, 0.5) is 0 Å². The van der Waals surface area contributed by atoms with Gasteiger partial charge in [-0.1, -0.05) is 0 Å². The lowest BCUT2D eigenvalue weighted by Gasteiger charge is -2.33. The van der Waals surface area contributed by atoms with E-state index in [0.29, 0.717) is 25.3 Å². The number of pyridine rings is 1. The lowest BCUT2D eigenvalue weighted by Crippen LogP contribution is -2.40. The summed E-state index contributed by atoms with van der Waals surface area (Å²) in [7, 11) is 1.71. The van der Waals surface area contributed by atoms with Crippen molar-refractivity contribution in [2.24, 2.45) is 5.92 Å². The van der Waals surface area contributed by atoms with Crippen molar-refractivity contribution in [2.75, 3.05) is 20.3 Å². The van der Waals surface area contributed by atoms with E-state index in [1.165, 1.54) is 18.5 Å². The Kier molecular flexibility index (Phi) is 4.06. The average Bonchev–Trinajstić information content (AvgIpc) is 3.34. The van der Waals surface area contributed by atoms with Gasteiger partial charge in [-0.25, -0.2) is 4.98 Å². The van der Waals surface area contributed by atoms with Gasteiger partial charge >= 0.3 is 0 Å². The fourth-order valence-electron chi connectivity index (χ4n) is 3.51. The van der Waals surface area contributed by atoms with Crippen LogP contribution < -0.4 is 0 Å². The molecule has 2 aliphatic rings. The van der Waals surface area contributed by atoms with Crippen molar-refractivity contribution in [2.45, 2.75) is 31.8 Å². The molecule has 0 spiro atoms. The van der Waals surface area contributed by atoms with Gasteiger partial charge in [-0.15, -0.1) is 0 Å². The van der Waals surface area contributed by atoms with Crippen molar-refractivity contribution in [3.05, 3.63) is 47.8 Å². The van der Waals surface area contributed by atoms with Crippen LogP contribution in [0.15, 0.2) is 30.9 Å². The van der Waals surface area contributed by atoms with E-state index in [2.05, 4.69) is 14.5 Å². The summed E-state index contributed by atoms with van der Waals surface area (Å²) >= 11 is 0. The Bertz CT molecular complexity index is 724. The van der Waals surface area contributed by atoms with E-state index >= 15 is 0 Å². The van der Waals surface area contributed by atoms with E-state index < -0.39 is 0 Å². The summed E-state index contributed by atoms with van der Waals surface area (Å²) in [5.74, 6) is 0.995. The fourth-order valence-corrected chi connectivity index (χ4v) is 3.51. The number of ether oxygens (including phenoxy) is 1. The van der Waals surface area contributed by atoms with Gasteiger partial charge in [-0.3, -0.25) is 9.78 Å². The van der Waals surface area contributed by atoms with Crippen molar-refractivity contribution in [3.63, 3.8) is 0 Å². The molecule has 2 aromatic rings. The molecule has 6 nitrogen and oxygen atoms in total. The fraction of sp³-hybridized carbons (Fsp3) is 0.500. The van der Waals surface area contributed by atoms with Gasteiger partial charge < -0.3 is 14.2 Å². The summed E-state index contributed by atoms with van der Waals surface area (Å²) in [6.07, 6.45) is 7.87. The Labute approximate surface area is 141 Å². The number of rotatable bonds is 5. The highest BCUT2D eigenvalue weighted by molar-refractivity contribution is 5.94. The minimum absolute atomic E-state index is 0.0286. The number of hydrogen-bond acceptors (Lipinski definition) is 4. The molecule has 0 bridgehead atoms. The number of hydrogen-bond donors (Lipinski definition) is 0. The lowest BCUT2D eigenvalue weighted by atomic mass is 9.98. The second-order valence-corrected chi connectivity index (χ2v) is 6.75. The molecule has 1 amide bonds. The molecule has 0 aromatic carbocycles. The number of nitrogens with zero attached hydrogens (tertiary/aromatic N) is 4. The highest BCUT2D eigenvalue weighted by Crippen LogP contribution is 2.34. The molecule has 4 rings (SSSR count). The molecule has 0 radical (unpaired) electrons. The third-order valence-electron chi connectivity index (χ3n) is 4.86. The van der Waals surface area contributed by atoms with Crippen molar-refractivity contribution in [1.82, 2.24) is 19.4 Å². The molecule has 1 atom stereocenters. The van der Waals surface area contributed by atoms with E-state index in [9.17, 15) is 4.79 Å². The van der Waals surface area contributed by atoms with Gasteiger partial charge in [0.25, 0.3) is 5.91 Å². The van der Waals surface area contributed by atoms with E-state index in [1.807, 2.05) is 11.2 Å². The zero-order valence-electron chi connectivity index (χ0n) is 13.9. The van der Waals surface area contributed by atoms with Crippen LogP contribution in [0.5, 0.6) is 0 Å². The first-order valence-electron chi connectivity index (χ1n) is 8.48. The van der Waals surface area contributed by atoms with Crippen LogP contribution in [0.3, 0.4) is 0 Å². The summed E-state index contributed by atoms with van der Waals surface area (Å²) in [6.45, 7) is 2.87. The normalized spacial score (nSPS) is 20.0. The monoisotopic (exact) mass is 326 g/mol. The zero-order valence-corrected chi connectivity index (χ0v) is 13.9. The summed E-state index contributed by atoms with van der Waals surface area (Å²) in [5, 5.41) is 0.